The number of rotatable bonds is 4. The summed E-state index contributed by atoms with van der Waals surface area (Å²) in [6.07, 6.45) is 6.46. The second kappa shape index (κ2) is 7.56. The lowest BCUT2D eigenvalue weighted by Crippen LogP contribution is -2.48. The number of hydrogen-bond donors (Lipinski definition) is 1. The van der Waals surface area contributed by atoms with Gasteiger partial charge >= 0.3 is 5.97 Å². The number of esters is 1. The second-order valence-corrected chi connectivity index (χ2v) is 6.56. The molecule has 0 aromatic heterocycles. The first kappa shape index (κ1) is 15.3. The fraction of sp³-hybridized carbons (Fsp3) is 0.938. The molecule has 1 N–H and O–H groups in total. The molecule has 0 aromatic rings. The summed E-state index contributed by atoms with van der Waals surface area (Å²) in [7, 11) is 0. The van der Waals surface area contributed by atoms with Crippen LogP contribution in [-0.2, 0) is 14.3 Å². The zero-order chi connectivity index (χ0) is 14.5. The second-order valence-electron chi connectivity index (χ2n) is 6.56. The lowest BCUT2D eigenvalue weighted by molar-refractivity contribution is -0.152. The predicted molar refractivity (Wildman–Crippen MR) is 80.1 cm³/mol. The summed E-state index contributed by atoms with van der Waals surface area (Å²) in [6.45, 7) is 5.41. The van der Waals surface area contributed by atoms with Gasteiger partial charge in [-0.05, 0) is 64.1 Å². The van der Waals surface area contributed by atoms with Crippen molar-refractivity contribution in [3.8, 4) is 0 Å². The van der Waals surface area contributed by atoms with Crippen molar-refractivity contribution < 1.29 is 14.3 Å². The van der Waals surface area contributed by atoms with E-state index in [1.807, 2.05) is 0 Å². The van der Waals surface area contributed by atoms with Gasteiger partial charge in [0.25, 0.3) is 0 Å². The minimum Gasteiger partial charge on any atom is -0.464 e. The van der Waals surface area contributed by atoms with Crippen molar-refractivity contribution in [1.82, 2.24) is 10.2 Å². The van der Waals surface area contributed by atoms with E-state index in [2.05, 4.69) is 10.2 Å². The zero-order valence-corrected chi connectivity index (χ0v) is 12.9. The van der Waals surface area contributed by atoms with Gasteiger partial charge in [-0.15, -0.1) is 0 Å². The van der Waals surface area contributed by atoms with Gasteiger partial charge in [0.15, 0.2) is 0 Å². The Morgan fingerprint density at radius 1 is 1.14 bits per heavy atom. The molecule has 5 heteroatoms. The van der Waals surface area contributed by atoms with Gasteiger partial charge in [0.2, 0.25) is 0 Å². The highest BCUT2D eigenvalue weighted by atomic mass is 16.5. The molecule has 0 aliphatic carbocycles. The van der Waals surface area contributed by atoms with E-state index in [4.69, 9.17) is 9.47 Å². The molecule has 3 aliphatic rings. The molecule has 0 aromatic carbocycles. The van der Waals surface area contributed by atoms with E-state index in [9.17, 15) is 4.79 Å². The summed E-state index contributed by atoms with van der Waals surface area (Å²) in [4.78, 5) is 14.8. The third-order valence-electron chi connectivity index (χ3n) is 5.15. The number of ether oxygens (including phenoxy) is 2. The number of likely N-dealkylation sites (tertiary alicyclic amines) is 1. The highest BCUT2D eigenvalue weighted by Gasteiger charge is 2.36. The molecule has 1 atom stereocenters. The lowest BCUT2D eigenvalue weighted by atomic mass is 10.0. The topological polar surface area (TPSA) is 50.8 Å². The van der Waals surface area contributed by atoms with Gasteiger partial charge in [0.1, 0.15) is 6.04 Å². The van der Waals surface area contributed by atoms with Gasteiger partial charge in [0, 0.05) is 19.3 Å². The molecule has 3 saturated heterocycles. The fourth-order valence-corrected chi connectivity index (χ4v) is 3.83. The minimum absolute atomic E-state index is 0.00735. The van der Waals surface area contributed by atoms with Crippen LogP contribution in [0.15, 0.2) is 0 Å². The molecule has 0 radical (unpaired) electrons. The van der Waals surface area contributed by atoms with Crippen molar-refractivity contribution in [2.24, 2.45) is 5.92 Å². The van der Waals surface area contributed by atoms with Crippen molar-refractivity contribution >= 4 is 5.97 Å². The maximum Gasteiger partial charge on any atom is 0.323 e. The maximum atomic E-state index is 12.4. The molecule has 0 bridgehead atoms. The van der Waals surface area contributed by atoms with Crippen LogP contribution < -0.4 is 5.32 Å². The Morgan fingerprint density at radius 3 is 2.67 bits per heavy atom. The first-order chi connectivity index (χ1) is 10.3. The smallest absolute Gasteiger partial charge is 0.323 e. The van der Waals surface area contributed by atoms with Crippen molar-refractivity contribution in [3.05, 3.63) is 0 Å². The monoisotopic (exact) mass is 296 g/mol. The van der Waals surface area contributed by atoms with Crippen LogP contribution in [0, 0.1) is 5.92 Å². The molecule has 3 aliphatic heterocycles. The molecule has 1 unspecified atom stereocenters. The van der Waals surface area contributed by atoms with Crippen LogP contribution in [0.5, 0.6) is 0 Å². The Morgan fingerprint density at radius 2 is 1.90 bits per heavy atom. The fourth-order valence-electron chi connectivity index (χ4n) is 3.83. The van der Waals surface area contributed by atoms with Gasteiger partial charge in [-0.25, -0.2) is 0 Å². The summed E-state index contributed by atoms with van der Waals surface area (Å²) in [5.41, 5.74) is 0. The Bertz CT molecular complexity index is 338. The SMILES string of the molecule is O=C(OCC1CCOCC1)C1CCCN1C1CCNCC1. The van der Waals surface area contributed by atoms with Crippen molar-refractivity contribution in [1.29, 1.82) is 0 Å². The first-order valence-corrected chi connectivity index (χ1v) is 8.55. The highest BCUT2D eigenvalue weighted by Crippen LogP contribution is 2.25. The van der Waals surface area contributed by atoms with Crippen molar-refractivity contribution in [2.75, 3.05) is 39.5 Å². The Balaban J connectivity index is 1.48. The quantitative estimate of drug-likeness (QED) is 0.789. The van der Waals surface area contributed by atoms with Crippen LogP contribution in [0.25, 0.3) is 0 Å². The summed E-state index contributed by atoms with van der Waals surface area (Å²) < 4.78 is 11.0. The Labute approximate surface area is 127 Å². The third kappa shape index (κ3) is 3.96. The predicted octanol–water partition coefficient (Wildman–Crippen LogP) is 1.17. The van der Waals surface area contributed by atoms with Crippen molar-refractivity contribution in [2.45, 2.75) is 50.6 Å². The molecule has 3 rings (SSSR count). The summed E-state index contributed by atoms with van der Waals surface area (Å²) in [6, 6.07) is 0.572. The lowest BCUT2D eigenvalue weighted by Gasteiger charge is -2.35. The average molecular weight is 296 g/mol. The number of nitrogens with zero attached hydrogens (tertiary/aromatic N) is 1. The third-order valence-corrected chi connectivity index (χ3v) is 5.15. The summed E-state index contributed by atoms with van der Waals surface area (Å²) in [5.74, 6) is 0.508. The number of carbonyl (C=O) groups is 1. The number of nitrogens with one attached hydrogen (secondary N) is 1. The van der Waals surface area contributed by atoms with E-state index < -0.39 is 0 Å². The van der Waals surface area contributed by atoms with E-state index in [0.29, 0.717) is 18.6 Å². The average Bonchev–Trinajstić information content (AvgIpc) is 3.04. The normalized spacial score (nSPS) is 29.6. The first-order valence-electron chi connectivity index (χ1n) is 8.55. The largest absolute Gasteiger partial charge is 0.464 e. The zero-order valence-electron chi connectivity index (χ0n) is 12.9. The number of hydrogen-bond acceptors (Lipinski definition) is 5. The van der Waals surface area contributed by atoms with Gasteiger partial charge in [-0.1, -0.05) is 0 Å². The van der Waals surface area contributed by atoms with Crippen LogP contribution in [0.2, 0.25) is 0 Å². The molecule has 21 heavy (non-hydrogen) atoms. The molecule has 0 spiro atoms. The standard InChI is InChI=1S/C16H28N2O3/c19-16(21-12-13-5-10-20-11-6-13)15-2-1-9-18(15)14-3-7-17-8-4-14/h13-15,17H,1-12H2. The highest BCUT2D eigenvalue weighted by molar-refractivity contribution is 5.76. The molecule has 0 amide bonds. The van der Waals surface area contributed by atoms with E-state index in [0.717, 1.165) is 71.4 Å². The van der Waals surface area contributed by atoms with Crippen LogP contribution in [0.3, 0.4) is 0 Å². The van der Waals surface area contributed by atoms with Gasteiger partial charge < -0.3 is 14.8 Å². The van der Waals surface area contributed by atoms with Gasteiger partial charge in [-0.3, -0.25) is 9.69 Å². The summed E-state index contributed by atoms with van der Waals surface area (Å²) in [5, 5.41) is 3.40. The molecular weight excluding hydrogens is 268 g/mol. The van der Waals surface area contributed by atoms with Gasteiger partial charge in [-0.2, -0.15) is 0 Å². The molecular formula is C16H28N2O3. The van der Waals surface area contributed by atoms with E-state index in [1.165, 1.54) is 0 Å². The molecule has 120 valence electrons. The Kier molecular flexibility index (Phi) is 5.49. The summed E-state index contributed by atoms with van der Waals surface area (Å²) >= 11 is 0. The van der Waals surface area contributed by atoms with Crippen LogP contribution in [0.4, 0.5) is 0 Å². The van der Waals surface area contributed by atoms with Crippen molar-refractivity contribution in [3.63, 3.8) is 0 Å². The van der Waals surface area contributed by atoms with Gasteiger partial charge in [0.05, 0.1) is 6.61 Å². The number of piperidine rings is 1. The van der Waals surface area contributed by atoms with Crippen LogP contribution in [-0.4, -0.2) is 62.4 Å². The van der Waals surface area contributed by atoms with E-state index >= 15 is 0 Å². The van der Waals surface area contributed by atoms with E-state index in [1.54, 1.807) is 0 Å². The molecule has 3 heterocycles. The maximum absolute atomic E-state index is 12.4. The number of carbonyl (C=O) groups excluding carboxylic acids is 1. The molecule has 3 fully saturated rings. The Hall–Kier alpha value is -0.650. The minimum atomic E-state index is 0.00735. The van der Waals surface area contributed by atoms with Crippen LogP contribution >= 0.6 is 0 Å². The van der Waals surface area contributed by atoms with Crippen LogP contribution in [0.1, 0.15) is 38.5 Å². The molecule has 5 nitrogen and oxygen atoms in total. The molecule has 0 saturated carbocycles. The van der Waals surface area contributed by atoms with E-state index in [-0.39, 0.29) is 12.0 Å².